The maximum Gasteiger partial charge on any atom is 0.0201 e. The van der Waals surface area contributed by atoms with Crippen LogP contribution in [0, 0.1) is 0 Å². The number of hydrogen-bond acceptors (Lipinski definition) is 1. The molecule has 0 saturated carbocycles. The molecule has 0 aliphatic carbocycles. The molecule has 0 aliphatic heterocycles. The van der Waals surface area contributed by atoms with Crippen molar-refractivity contribution in [3.63, 3.8) is 0 Å². The number of allylic oxidation sites excluding steroid dienone is 2. The third-order valence-corrected chi connectivity index (χ3v) is 2.01. The molecular weight excluding hydrogens is 146 g/mol. The molecule has 1 heteroatoms. The lowest BCUT2D eigenvalue weighted by molar-refractivity contribution is 0.626. The Morgan fingerprint density at radius 3 is 2.17 bits per heavy atom. The first kappa shape index (κ1) is 11.5. The zero-order valence-corrected chi connectivity index (χ0v) is 9.20. The summed E-state index contributed by atoms with van der Waals surface area (Å²) in [6.45, 7) is 11.1. The van der Waals surface area contributed by atoms with Crippen LogP contribution in [0.25, 0.3) is 0 Å². The van der Waals surface area contributed by atoms with Crippen LogP contribution in [0.15, 0.2) is 11.3 Å². The molecule has 0 rings (SSSR count). The maximum absolute atomic E-state index is 3.51. The topological polar surface area (TPSA) is 12.0 Å². The highest BCUT2D eigenvalue weighted by Crippen LogP contribution is 2.11. The third kappa shape index (κ3) is 4.42. The Kier molecular flexibility index (Phi) is 5.87. The van der Waals surface area contributed by atoms with Crippen LogP contribution in [-0.4, -0.2) is 6.04 Å². The van der Waals surface area contributed by atoms with Gasteiger partial charge in [0, 0.05) is 11.7 Å². The monoisotopic (exact) mass is 169 g/mol. The van der Waals surface area contributed by atoms with Crippen molar-refractivity contribution < 1.29 is 0 Å². The second kappa shape index (κ2) is 6.10. The van der Waals surface area contributed by atoms with E-state index < -0.39 is 0 Å². The van der Waals surface area contributed by atoms with E-state index in [-0.39, 0.29) is 0 Å². The number of nitrogens with one attached hydrogen (secondary N) is 1. The summed E-state index contributed by atoms with van der Waals surface area (Å²) < 4.78 is 0. The van der Waals surface area contributed by atoms with Crippen molar-refractivity contribution in [1.82, 2.24) is 5.32 Å². The van der Waals surface area contributed by atoms with Gasteiger partial charge in [-0.15, -0.1) is 0 Å². The van der Waals surface area contributed by atoms with Gasteiger partial charge in [0.1, 0.15) is 0 Å². The minimum Gasteiger partial charge on any atom is -0.386 e. The molecule has 72 valence electrons. The molecule has 0 spiro atoms. The van der Waals surface area contributed by atoms with E-state index in [1.54, 1.807) is 0 Å². The van der Waals surface area contributed by atoms with E-state index >= 15 is 0 Å². The van der Waals surface area contributed by atoms with Crippen LogP contribution in [0.5, 0.6) is 0 Å². The SMILES string of the molecule is CCCC(NC(C)C)=C(C)CC. The number of rotatable bonds is 5. The lowest BCUT2D eigenvalue weighted by atomic mass is 10.1. The molecule has 1 N–H and O–H groups in total. The normalized spacial score (nSPS) is 13.2. The van der Waals surface area contributed by atoms with Gasteiger partial charge in [0.05, 0.1) is 0 Å². The van der Waals surface area contributed by atoms with Gasteiger partial charge >= 0.3 is 0 Å². The van der Waals surface area contributed by atoms with Crippen molar-refractivity contribution in [2.45, 2.75) is 59.9 Å². The van der Waals surface area contributed by atoms with E-state index in [0.29, 0.717) is 6.04 Å². The molecule has 0 aliphatic rings. The molecule has 0 atom stereocenters. The van der Waals surface area contributed by atoms with Gasteiger partial charge in [0.25, 0.3) is 0 Å². The smallest absolute Gasteiger partial charge is 0.0201 e. The Morgan fingerprint density at radius 1 is 1.25 bits per heavy atom. The average Bonchev–Trinajstić information content (AvgIpc) is 2.01. The molecule has 0 radical (unpaired) electrons. The quantitative estimate of drug-likeness (QED) is 0.664. The van der Waals surface area contributed by atoms with Crippen LogP contribution in [0.3, 0.4) is 0 Å². The Balaban J connectivity index is 4.21. The first-order valence-electron chi connectivity index (χ1n) is 5.06. The zero-order valence-electron chi connectivity index (χ0n) is 9.20. The van der Waals surface area contributed by atoms with Crippen molar-refractivity contribution in [2.24, 2.45) is 0 Å². The summed E-state index contributed by atoms with van der Waals surface area (Å²) in [6.07, 6.45) is 3.58. The highest BCUT2D eigenvalue weighted by Gasteiger charge is 2.01. The molecule has 0 fully saturated rings. The number of hydrogen-bond donors (Lipinski definition) is 1. The fourth-order valence-electron chi connectivity index (χ4n) is 1.22. The zero-order chi connectivity index (χ0) is 9.56. The molecular formula is C11H23N. The molecule has 12 heavy (non-hydrogen) atoms. The molecule has 0 unspecified atom stereocenters. The standard InChI is InChI=1S/C11H23N/c1-6-8-11(10(5)7-2)12-9(3)4/h9,12H,6-8H2,1-5H3. The predicted molar refractivity (Wildman–Crippen MR) is 56.2 cm³/mol. The van der Waals surface area contributed by atoms with E-state index in [2.05, 4.69) is 39.9 Å². The Bertz CT molecular complexity index is 145. The molecule has 0 aromatic heterocycles. The first-order chi connectivity index (χ1) is 5.61. The Hall–Kier alpha value is -0.460. The largest absolute Gasteiger partial charge is 0.386 e. The molecule has 0 aromatic carbocycles. The summed E-state index contributed by atoms with van der Waals surface area (Å²) in [5.74, 6) is 0. The van der Waals surface area contributed by atoms with E-state index in [1.165, 1.54) is 24.1 Å². The van der Waals surface area contributed by atoms with Gasteiger partial charge in [-0.25, -0.2) is 0 Å². The summed E-state index contributed by atoms with van der Waals surface area (Å²) in [7, 11) is 0. The summed E-state index contributed by atoms with van der Waals surface area (Å²) in [5, 5.41) is 3.51. The predicted octanol–water partition coefficient (Wildman–Crippen LogP) is 3.47. The summed E-state index contributed by atoms with van der Waals surface area (Å²) in [6, 6.07) is 0.563. The van der Waals surface area contributed by atoms with Crippen molar-refractivity contribution in [2.75, 3.05) is 0 Å². The van der Waals surface area contributed by atoms with E-state index in [1.807, 2.05) is 0 Å². The van der Waals surface area contributed by atoms with E-state index in [9.17, 15) is 0 Å². The van der Waals surface area contributed by atoms with Gasteiger partial charge in [0.15, 0.2) is 0 Å². The van der Waals surface area contributed by atoms with Crippen molar-refractivity contribution >= 4 is 0 Å². The molecule has 0 amide bonds. The summed E-state index contributed by atoms with van der Waals surface area (Å²) in [5.41, 5.74) is 2.96. The molecule has 0 saturated heterocycles. The van der Waals surface area contributed by atoms with Gasteiger partial charge in [-0.05, 0) is 33.6 Å². The lowest BCUT2D eigenvalue weighted by Crippen LogP contribution is -2.23. The molecule has 0 heterocycles. The van der Waals surface area contributed by atoms with Crippen LogP contribution in [0.4, 0.5) is 0 Å². The van der Waals surface area contributed by atoms with Gasteiger partial charge < -0.3 is 5.32 Å². The van der Waals surface area contributed by atoms with Crippen LogP contribution in [-0.2, 0) is 0 Å². The van der Waals surface area contributed by atoms with Crippen LogP contribution < -0.4 is 5.32 Å². The van der Waals surface area contributed by atoms with Gasteiger partial charge in [-0.3, -0.25) is 0 Å². The molecule has 1 nitrogen and oxygen atoms in total. The van der Waals surface area contributed by atoms with Crippen LogP contribution >= 0.6 is 0 Å². The Morgan fingerprint density at radius 2 is 1.83 bits per heavy atom. The maximum atomic E-state index is 3.51. The van der Waals surface area contributed by atoms with Gasteiger partial charge in [0.2, 0.25) is 0 Å². The minimum atomic E-state index is 0.563. The van der Waals surface area contributed by atoms with Crippen LogP contribution in [0.1, 0.15) is 53.9 Å². The first-order valence-corrected chi connectivity index (χ1v) is 5.06. The highest BCUT2D eigenvalue weighted by molar-refractivity contribution is 5.10. The van der Waals surface area contributed by atoms with Crippen molar-refractivity contribution in [3.05, 3.63) is 11.3 Å². The minimum absolute atomic E-state index is 0.563. The summed E-state index contributed by atoms with van der Waals surface area (Å²) >= 11 is 0. The molecule has 0 aromatic rings. The van der Waals surface area contributed by atoms with E-state index in [0.717, 1.165) is 6.42 Å². The van der Waals surface area contributed by atoms with Crippen molar-refractivity contribution in [3.8, 4) is 0 Å². The third-order valence-electron chi connectivity index (χ3n) is 2.01. The lowest BCUT2D eigenvalue weighted by Gasteiger charge is -2.16. The summed E-state index contributed by atoms with van der Waals surface area (Å²) in [4.78, 5) is 0. The molecule has 0 bridgehead atoms. The highest BCUT2D eigenvalue weighted by atomic mass is 14.9. The van der Waals surface area contributed by atoms with Gasteiger partial charge in [-0.2, -0.15) is 0 Å². The van der Waals surface area contributed by atoms with Crippen LogP contribution in [0.2, 0.25) is 0 Å². The van der Waals surface area contributed by atoms with E-state index in [4.69, 9.17) is 0 Å². The second-order valence-electron chi connectivity index (χ2n) is 3.66. The Labute approximate surface area is 77.2 Å². The second-order valence-corrected chi connectivity index (χ2v) is 3.66. The fraction of sp³-hybridized carbons (Fsp3) is 0.818. The van der Waals surface area contributed by atoms with Gasteiger partial charge in [-0.1, -0.05) is 25.8 Å². The fourth-order valence-corrected chi connectivity index (χ4v) is 1.22. The average molecular weight is 169 g/mol. The van der Waals surface area contributed by atoms with Crippen molar-refractivity contribution in [1.29, 1.82) is 0 Å².